The molecule has 4 N–H and O–H groups in total. The SMILES string of the molecule is COCC(C)NC(=NCc1ccc(F)c(Cl)c1)NN. The van der Waals surface area contributed by atoms with E-state index in [0.717, 1.165) is 5.56 Å². The molecule has 0 bridgehead atoms. The molecule has 0 radical (unpaired) electrons. The molecule has 7 heteroatoms. The molecule has 1 aromatic carbocycles. The predicted molar refractivity (Wildman–Crippen MR) is 74.3 cm³/mol. The maximum absolute atomic E-state index is 13.0. The lowest BCUT2D eigenvalue weighted by molar-refractivity contribution is 0.179. The predicted octanol–water partition coefficient (Wildman–Crippen LogP) is 1.42. The van der Waals surface area contributed by atoms with E-state index in [1.807, 2.05) is 6.92 Å². The monoisotopic (exact) mass is 288 g/mol. The molecule has 0 aliphatic rings. The molecule has 1 atom stereocenters. The molecule has 0 saturated carbocycles. The van der Waals surface area contributed by atoms with E-state index in [4.69, 9.17) is 22.2 Å². The minimum atomic E-state index is -0.446. The summed E-state index contributed by atoms with van der Waals surface area (Å²) in [7, 11) is 1.62. The Labute approximate surface area is 117 Å². The van der Waals surface area contributed by atoms with Gasteiger partial charge in [-0.1, -0.05) is 17.7 Å². The van der Waals surface area contributed by atoms with E-state index in [1.54, 1.807) is 13.2 Å². The van der Waals surface area contributed by atoms with Gasteiger partial charge in [0, 0.05) is 13.2 Å². The van der Waals surface area contributed by atoms with Crippen molar-refractivity contribution >= 4 is 17.6 Å². The van der Waals surface area contributed by atoms with Crippen LogP contribution in [0.15, 0.2) is 23.2 Å². The second-order valence-corrected chi connectivity index (χ2v) is 4.47. The number of aliphatic imine (C=N–C) groups is 1. The number of halogens is 2. The van der Waals surface area contributed by atoms with Gasteiger partial charge in [-0.3, -0.25) is 5.43 Å². The zero-order valence-corrected chi connectivity index (χ0v) is 11.7. The Morgan fingerprint density at radius 2 is 2.32 bits per heavy atom. The summed E-state index contributed by atoms with van der Waals surface area (Å²) in [6.07, 6.45) is 0. The van der Waals surface area contributed by atoms with Crippen LogP contribution in [0.4, 0.5) is 4.39 Å². The van der Waals surface area contributed by atoms with Gasteiger partial charge >= 0.3 is 0 Å². The lowest BCUT2D eigenvalue weighted by atomic mass is 10.2. The number of nitrogens with one attached hydrogen (secondary N) is 2. The Hall–Kier alpha value is -1.37. The van der Waals surface area contributed by atoms with Crippen molar-refractivity contribution in [2.24, 2.45) is 10.8 Å². The van der Waals surface area contributed by atoms with Crippen molar-refractivity contribution in [3.63, 3.8) is 0 Å². The van der Waals surface area contributed by atoms with Gasteiger partial charge in [-0.05, 0) is 24.6 Å². The number of ether oxygens (including phenoxy) is 1. The highest BCUT2D eigenvalue weighted by molar-refractivity contribution is 6.30. The van der Waals surface area contributed by atoms with Crippen molar-refractivity contribution in [3.8, 4) is 0 Å². The normalized spacial score (nSPS) is 13.2. The lowest BCUT2D eigenvalue weighted by Crippen LogP contribution is -2.46. The molecule has 0 fully saturated rings. The standard InChI is InChI=1S/C12H18ClFN4O/c1-8(7-19-2)17-12(18-15)16-6-9-3-4-11(14)10(13)5-9/h3-5,8H,6-7,15H2,1-2H3,(H2,16,17,18). The third kappa shape index (κ3) is 5.42. The minimum absolute atomic E-state index is 0.0663. The fourth-order valence-corrected chi connectivity index (χ4v) is 1.67. The van der Waals surface area contributed by atoms with E-state index in [1.165, 1.54) is 12.1 Å². The number of nitrogens with zero attached hydrogens (tertiary/aromatic N) is 1. The maximum Gasteiger partial charge on any atom is 0.206 e. The van der Waals surface area contributed by atoms with Gasteiger partial charge in [0.15, 0.2) is 0 Å². The summed E-state index contributed by atoms with van der Waals surface area (Å²) in [5, 5.41) is 3.12. The van der Waals surface area contributed by atoms with Crippen LogP contribution in [0.1, 0.15) is 12.5 Å². The maximum atomic E-state index is 13.0. The molecule has 5 nitrogen and oxygen atoms in total. The highest BCUT2D eigenvalue weighted by Gasteiger charge is 2.04. The van der Waals surface area contributed by atoms with E-state index < -0.39 is 5.82 Å². The van der Waals surface area contributed by atoms with E-state index in [0.29, 0.717) is 19.1 Å². The number of benzene rings is 1. The molecular formula is C12H18ClFN4O. The van der Waals surface area contributed by atoms with Crippen molar-refractivity contribution in [1.29, 1.82) is 0 Å². The second kappa shape index (κ2) is 7.93. The minimum Gasteiger partial charge on any atom is -0.383 e. The van der Waals surface area contributed by atoms with E-state index in [9.17, 15) is 4.39 Å². The zero-order chi connectivity index (χ0) is 14.3. The van der Waals surface area contributed by atoms with E-state index in [-0.39, 0.29) is 11.1 Å². The Bertz CT molecular complexity index is 442. The summed E-state index contributed by atoms with van der Waals surface area (Å²) in [5.74, 6) is 5.35. The Balaban J connectivity index is 2.63. The number of hydrogen-bond acceptors (Lipinski definition) is 3. The molecule has 1 unspecified atom stereocenters. The van der Waals surface area contributed by atoms with Gasteiger partial charge in [-0.15, -0.1) is 0 Å². The Kier molecular flexibility index (Phi) is 6.55. The molecule has 0 saturated heterocycles. The summed E-state index contributed by atoms with van der Waals surface area (Å²) in [6.45, 7) is 2.81. The van der Waals surface area contributed by atoms with E-state index in [2.05, 4.69) is 15.7 Å². The smallest absolute Gasteiger partial charge is 0.206 e. The fourth-order valence-electron chi connectivity index (χ4n) is 1.47. The Morgan fingerprint density at radius 1 is 1.58 bits per heavy atom. The number of nitrogens with two attached hydrogens (primary N) is 1. The first-order valence-corrected chi connectivity index (χ1v) is 6.15. The zero-order valence-electron chi connectivity index (χ0n) is 10.9. The van der Waals surface area contributed by atoms with Crippen LogP contribution in [0.5, 0.6) is 0 Å². The highest BCUT2D eigenvalue weighted by Crippen LogP contribution is 2.16. The number of methoxy groups -OCH3 is 1. The summed E-state index contributed by atoms with van der Waals surface area (Å²) in [6, 6.07) is 4.53. The van der Waals surface area contributed by atoms with Crippen LogP contribution in [-0.2, 0) is 11.3 Å². The van der Waals surface area contributed by atoms with Gasteiger partial charge < -0.3 is 10.1 Å². The van der Waals surface area contributed by atoms with Crippen LogP contribution in [0, 0.1) is 5.82 Å². The summed E-state index contributed by atoms with van der Waals surface area (Å²) in [5.41, 5.74) is 3.26. The van der Waals surface area contributed by atoms with Crippen LogP contribution < -0.4 is 16.6 Å². The first kappa shape index (κ1) is 15.7. The van der Waals surface area contributed by atoms with Gasteiger partial charge in [0.05, 0.1) is 18.2 Å². The third-order valence-corrected chi connectivity index (χ3v) is 2.63. The van der Waals surface area contributed by atoms with Crippen molar-refractivity contribution in [1.82, 2.24) is 10.7 Å². The van der Waals surface area contributed by atoms with Crippen molar-refractivity contribution in [2.75, 3.05) is 13.7 Å². The molecule has 19 heavy (non-hydrogen) atoms. The van der Waals surface area contributed by atoms with Gasteiger partial charge in [0.1, 0.15) is 5.82 Å². The highest BCUT2D eigenvalue weighted by atomic mass is 35.5. The molecule has 1 aromatic rings. The van der Waals surface area contributed by atoms with Gasteiger partial charge in [-0.2, -0.15) is 0 Å². The van der Waals surface area contributed by atoms with Crippen LogP contribution >= 0.6 is 11.6 Å². The molecule has 1 rings (SSSR count). The summed E-state index contributed by atoms with van der Waals surface area (Å²) in [4.78, 5) is 4.24. The van der Waals surface area contributed by atoms with Gasteiger partial charge in [-0.25, -0.2) is 15.2 Å². The molecule has 106 valence electrons. The topological polar surface area (TPSA) is 71.7 Å². The fraction of sp³-hybridized carbons (Fsp3) is 0.417. The van der Waals surface area contributed by atoms with Crippen LogP contribution in [0.2, 0.25) is 5.02 Å². The average Bonchev–Trinajstić information content (AvgIpc) is 2.38. The number of hydrazine groups is 1. The van der Waals surface area contributed by atoms with Crippen molar-refractivity contribution < 1.29 is 9.13 Å². The first-order valence-electron chi connectivity index (χ1n) is 5.77. The van der Waals surface area contributed by atoms with Crippen molar-refractivity contribution in [2.45, 2.75) is 19.5 Å². The second-order valence-electron chi connectivity index (χ2n) is 4.06. The van der Waals surface area contributed by atoms with Crippen LogP contribution in [-0.4, -0.2) is 25.7 Å². The third-order valence-electron chi connectivity index (χ3n) is 2.34. The van der Waals surface area contributed by atoms with Crippen LogP contribution in [0.25, 0.3) is 0 Å². The van der Waals surface area contributed by atoms with Crippen LogP contribution in [0.3, 0.4) is 0 Å². The molecule has 0 heterocycles. The van der Waals surface area contributed by atoms with E-state index >= 15 is 0 Å². The average molecular weight is 289 g/mol. The molecule has 0 aliphatic carbocycles. The molecular weight excluding hydrogens is 271 g/mol. The lowest BCUT2D eigenvalue weighted by Gasteiger charge is -2.15. The summed E-state index contributed by atoms with van der Waals surface area (Å²) < 4.78 is 18.0. The van der Waals surface area contributed by atoms with Crippen molar-refractivity contribution in [3.05, 3.63) is 34.6 Å². The Morgan fingerprint density at radius 3 is 2.89 bits per heavy atom. The first-order chi connectivity index (χ1) is 9.06. The van der Waals surface area contributed by atoms with Gasteiger partial charge in [0.2, 0.25) is 5.96 Å². The largest absolute Gasteiger partial charge is 0.383 e. The summed E-state index contributed by atoms with van der Waals surface area (Å²) >= 11 is 5.69. The molecule has 0 amide bonds. The molecule has 0 spiro atoms. The number of rotatable bonds is 5. The molecule has 0 aliphatic heterocycles. The number of hydrogen-bond donors (Lipinski definition) is 3. The van der Waals surface area contributed by atoms with Gasteiger partial charge in [0.25, 0.3) is 0 Å². The quantitative estimate of drug-likeness (QED) is 0.332. The number of guanidine groups is 1. The molecule has 0 aromatic heterocycles.